The molecule has 3 rings (SSSR count). The second kappa shape index (κ2) is 4.12. The molecule has 0 fully saturated rings. The number of alkyl halides is 3. The Morgan fingerprint density at radius 3 is 2.53 bits per heavy atom. The lowest BCUT2D eigenvalue weighted by Gasteiger charge is -2.11. The van der Waals surface area contributed by atoms with Gasteiger partial charge in [-0.3, -0.25) is 4.99 Å². The van der Waals surface area contributed by atoms with Crippen molar-refractivity contribution in [3.8, 4) is 0 Å². The van der Waals surface area contributed by atoms with Gasteiger partial charge in [0.1, 0.15) is 0 Å². The van der Waals surface area contributed by atoms with Crippen LogP contribution in [0.4, 0.5) is 30.2 Å². The summed E-state index contributed by atoms with van der Waals surface area (Å²) in [6, 6.07) is 10.9. The Morgan fingerprint density at radius 2 is 1.74 bits per heavy atom. The molecule has 0 atom stereocenters. The Kier molecular flexibility index (Phi) is 2.55. The predicted octanol–water partition coefficient (Wildman–Crippen LogP) is 4.51. The summed E-state index contributed by atoms with van der Waals surface area (Å²) in [5.41, 5.74) is 1.81. The summed E-state index contributed by atoms with van der Waals surface area (Å²) < 4.78 is 38.0. The Bertz CT molecular complexity index is 660. The van der Waals surface area contributed by atoms with Crippen molar-refractivity contribution >= 4 is 23.3 Å². The Labute approximate surface area is 107 Å². The maximum Gasteiger partial charge on any atom is 0.416 e. The molecule has 1 aliphatic rings. The van der Waals surface area contributed by atoms with Crippen molar-refractivity contribution in [2.45, 2.75) is 6.18 Å². The summed E-state index contributed by atoms with van der Waals surface area (Å²) >= 11 is 0. The van der Waals surface area contributed by atoms with Gasteiger partial charge >= 0.3 is 6.18 Å². The molecule has 2 nitrogen and oxygen atoms in total. The minimum Gasteiger partial charge on any atom is -0.353 e. The molecule has 0 saturated carbocycles. The number of anilines is 2. The average Bonchev–Trinajstić information content (AvgIpc) is 2.55. The second-order valence-corrected chi connectivity index (χ2v) is 4.20. The first kappa shape index (κ1) is 11.8. The molecule has 0 spiro atoms. The van der Waals surface area contributed by atoms with Crippen molar-refractivity contribution in [3.63, 3.8) is 0 Å². The highest BCUT2D eigenvalue weighted by molar-refractivity contribution is 5.95. The van der Waals surface area contributed by atoms with Gasteiger partial charge in [-0.1, -0.05) is 18.2 Å². The molecule has 1 aliphatic heterocycles. The lowest BCUT2D eigenvalue weighted by atomic mass is 10.1. The van der Waals surface area contributed by atoms with Gasteiger partial charge in [-0.15, -0.1) is 0 Å². The fourth-order valence-electron chi connectivity index (χ4n) is 1.93. The summed E-state index contributed by atoms with van der Waals surface area (Å²) in [6.07, 6.45) is -2.79. The van der Waals surface area contributed by atoms with E-state index in [1.807, 2.05) is 24.3 Å². The molecule has 2 aromatic rings. The number of hydrogen-bond acceptors (Lipinski definition) is 2. The van der Waals surface area contributed by atoms with E-state index >= 15 is 0 Å². The monoisotopic (exact) mass is 262 g/mol. The van der Waals surface area contributed by atoms with Gasteiger partial charge in [0.05, 0.1) is 16.9 Å². The van der Waals surface area contributed by atoms with Gasteiger partial charge in [-0.25, -0.2) is 0 Å². The van der Waals surface area contributed by atoms with Gasteiger partial charge in [0.15, 0.2) is 0 Å². The van der Waals surface area contributed by atoms with Crippen LogP contribution in [0.15, 0.2) is 47.5 Å². The van der Waals surface area contributed by atoms with E-state index in [9.17, 15) is 13.2 Å². The zero-order valence-electron chi connectivity index (χ0n) is 9.70. The molecule has 96 valence electrons. The third kappa shape index (κ3) is 2.19. The lowest BCUT2D eigenvalue weighted by Crippen LogP contribution is -2.04. The summed E-state index contributed by atoms with van der Waals surface area (Å²) in [5, 5.41) is 3.09. The van der Waals surface area contributed by atoms with E-state index in [2.05, 4.69) is 10.3 Å². The maximum absolute atomic E-state index is 12.7. The summed E-state index contributed by atoms with van der Waals surface area (Å²) in [4.78, 5) is 4.11. The molecule has 1 N–H and O–H groups in total. The molecule has 0 bridgehead atoms. The van der Waals surface area contributed by atoms with E-state index in [-0.39, 0.29) is 5.69 Å². The van der Waals surface area contributed by atoms with Crippen LogP contribution >= 0.6 is 0 Å². The second-order valence-electron chi connectivity index (χ2n) is 4.20. The fraction of sp³-hybridized carbons (Fsp3) is 0.0714. The van der Waals surface area contributed by atoms with Gasteiger partial charge in [0, 0.05) is 17.5 Å². The quantitative estimate of drug-likeness (QED) is 0.633. The maximum atomic E-state index is 12.7. The van der Waals surface area contributed by atoms with E-state index in [4.69, 9.17) is 0 Å². The molecule has 0 amide bonds. The van der Waals surface area contributed by atoms with E-state index in [0.29, 0.717) is 5.69 Å². The number of hydrogen-bond donors (Lipinski definition) is 1. The SMILES string of the molecule is FC(F)(F)c1ccc2c(c1)N=Cc1ccccc1N2. The average molecular weight is 262 g/mol. The number of rotatable bonds is 0. The van der Waals surface area contributed by atoms with E-state index in [1.165, 1.54) is 6.07 Å². The van der Waals surface area contributed by atoms with E-state index in [0.717, 1.165) is 23.4 Å². The number of nitrogens with zero attached hydrogens (tertiary/aromatic N) is 1. The zero-order valence-corrected chi connectivity index (χ0v) is 9.70. The minimum absolute atomic E-state index is 0.283. The summed E-state index contributed by atoms with van der Waals surface area (Å²) in [7, 11) is 0. The van der Waals surface area contributed by atoms with Crippen molar-refractivity contribution in [2.24, 2.45) is 4.99 Å². The number of fused-ring (bicyclic) bond motifs is 2. The highest BCUT2D eigenvalue weighted by Gasteiger charge is 2.31. The molecule has 1 heterocycles. The van der Waals surface area contributed by atoms with Gasteiger partial charge in [0.2, 0.25) is 0 Å². The molecule has 0 aromatic heterocycles. The van der Waals surface area contributed by atoms with Crippen LogP contribution in [0.25, 0.3) is 0 Å². The molecule has 0 aliphatic carbocycles. The predicted molar refractivity (Wildman–Crippen MR) is 68.4 cm³/mol. The first-order valence-electron chi connectivity index (χ1n) is 5.65. The van der Waals surface area contributed by atoms with Crippen molar-refractivity contribution in [2.75, 3.05) is 5.32 Å². The smallest absolute Gasteiger partial charge is 0.353 e. The van der Waals surface area contributed by atoms with Crippen LogP contribution in [0, 0.1) is 0 Å². The van der Waals surface area contributed by atoms with Crippen molar-refractivity contribution in [1.29, 1.82) is 0 Å². The third-order valence-corrected chi connectivity index (χ3v) is 2.90. The van der Waals surface area contributed by atoms with Gasteiger partial charge in [-0.2, -0.15) is 13.2 Å². The van der Waals surface area contributed by atoms with Crippen molar-refractivity contribution in [1.82, 2.24) is 0 Å². The first-order chi connectivity index (χ1) is 9.04. The Hall–Kier alpha value is -2.30. The van der Waals surface area contributed by atoms with Crippen LogP contribution in [-0.4, -0.2) is 6.21 Å². The number of para-hydroxylation sites is 1. The topological polar surface area (TPSA) is 24.4 Å². The Morgan fingerprint density at radius 1 is 0.947 bits per heavy atom. The summed E-state index contributed by atoms with van der Waals surface area (Å²) in [6.45, 7) is 0. The number of aliphatic imine (C=N–C) groups is 1. The van der Waals surface area contributed by atoms with E-state index < -0.39 is 11.7 Å². The van der Waals surface area contributed by atoms with Crippen LogP contribution in [0.5, 0.6) is 0 Å². The molecular weight excluding hydrogens is 253 g/mol. The van der Waals surface area contributed by atoms with Crippen molar-refractivity contribution < 1.29 is 13.2 Å². The zero-order chi connectivity index (χ0) is 13.5. The molecule has 5 heteroatoms. The van der Waals surface area contributed by atoms with Crippen LogP contribution in [0.2, 0.25) is 0 Å². The third-order valence-electron chi connectivity index (χ3n) is 2.90. The lowest BCUT2D eigenvalue weighted by molar-refractivity contribution is -0.137. The van der Waals surface area contributed by atoms with Gasteiger partial charge in [0.25, 0.3) is 0 Å². The van der Waals surface area contributed by atoms with Gasteiger partial charge in [-0.05, 0) is 24.3 Å². The van der Waals surface area contributed by atoms with Gasteiger partial charge < -0.3 is 5.32 Å². The largest absolute Gasteiger partial charge is 0.416 e. The van der Waals surface area contributed by atoms with Crippen LogP contribution in [-0.2, 0) is 6.18 Å². The number of nitrogens with one attached hydrogen (secondary N) is 1. The normalized spacial score (nSPS) is 13.2. The number of halogens is 3. The van der Waals surface area contributed by atoms with Crippen LogP contribution < -0.4 is 5.32 Å². The highest BCUT2D eigenvalue weighted by atomic mass is 19.4. The number of benzene rings is 2. The molecule has 2 aromatic carbocycles. The van der Waals surface area contributed by atoms with E-state index in [1.54, 1.807) is 6.21 Å². The fourth-order valence-corrected chi connectivity index (χ4v) is 1.93. The molecule has 0 saturated heterocycles. The van der Waals surface area contributed by atoms with Crippen LogP contribution in [0.3, 0.4) is 0 Å². The Balaban J connectivity index is 2.09. The minimum atomic E-state index is -4.36. The van der Waals surface area contributed by atoms with Crippen molar-refractivity contribution in [3.05, 3.63) is 53.6 Å². The molecular formula is C14H9F3N2. The molecule has 0 unspecified atom stereocenters. The summed E-state index contributed by atoms with van der Waals surface area (Å²) in [5.74, 6) is 0. The standard InChI is InChI=1S/C14H9F3N2/c15-14(16,17)10-5-6-12-13(7-10)18-8-9-3-1-2-4-11(9)19-12/h1-8,19H. The molecule has 19 heavy (non-hydrogen) atoms. The highest BCUT2D eigenvalue weighted by Crippen LogP contribution is 2.37. The first-order valence-corrected chi connectivity index (χ1v) is 5.65. The molecule has 0 radical (unpaired) electrons. The van der Waals surface area contributed by atoms with Crippen LogP contribution in [0.1, 0.15) is 11.1 Å².